The van der Waals surface area contributed by atoms with Gasteiger partial charge in [0.1, 0.15) is 0 Å². The molecule has 0 heterocycles. The minimum Gasteiger partial charge on any atom is -0.312 e. The molecule has 0 radical (unpaired) electrons. The van der Waals surface area contributed by atoms with Gasteiger partial charge in [0.2, 0.25) is 0 Å². The molecule has 0 aromatic rings. The number of nitrogens with one attached hydrogen (secondary N) is 1. The fourth-order valence-corrected chi connectivity index (χ4v) is 3.41. The van der Waals surface area contributed by atoms with Gasteiger partial charge in [-0.25, -0.2) is 0 Å². The van der Waals surface area contributed by atoms with E-state index >= 15 is 0 Å². The van der Waals surface area contributed by atoms with Crippen molar-refractivity contribution in [3.8, 4) is 0 Å². The Bertz CT molecular complexity index is 229. The van der Waals surface area contributed by atoms with E-state index in [2.05, 4.69) is 45.0 Å². The molecule has 1 aliphatic carbocycles. The van der Waals surface area contributed by atoms with Crippen LogP contribution >= 0.6 is 0 Å². The van der Waals surface area contributed by atoms with Crippen LogP contribution in [-0.2, 0) is 0 Å². The lowest BCUT2D eigenvalue weighted by atomic mass is 9.80. The van der Waals surface area contributed by atoms with Gasteiger partial charge in [-0.2, -0.15) is 0 Å². The average molecular weight is 268 g/mol. The fraction of sp³-hybridized carbons (Fsp3) is 1.00. The maximum atomic E-state index is 3.80. The quantitative estimate of drug-likeness (QED) is 0.718. The van der Waals surface area contributed by atoms with Gasteiger partial charge in [-0.05, 0) is 51.1 Å². The molecule has 0 aliphatic heterocycles. The summed E-state index contributed by atoms with van der Waals surface area (Å²) in [5, 5.41) is 3.80. The van der Waals surface area contributed by atoms with E-state index in [1.807, 2.05) is 0 Å². The SMILES string of the molecule is CCCNC1CCC(CC)CC1N(C)CC(C)CC. The zero-order valence-corrected chi connectivity index (χ0v) is 13.9. The van der Waals surface area contributed by atoms with Gasteiger partial charge < -0.3 is 10.2 Å². The van der Waals surface area contributed by atoms with Crippen LogP contribution < -0.4 is 5.32 Å². The van der Waals surface area contributed by atoms with Crippen LogP contribution in [0.4, 0.5) is 0 Å². The lowest BCUT2D eigenvalue weighted by Gasteiger charge is -2.42. The summed E-state index contributed by atoms with van der Waals surface area (Å²) in [5.41, 5.74) is 0. The van der Waals surface area contributed by atoms with Crippen LogP contribution in [0.15, 0.2) is 0 Å². The summed E-state index contributed by atoms with van der Waals surface area (Å²) in [7, 11) is 2.34. The third-order valence-corrected chi connectivity index (χ3v) is 5.02. The molecule has 1 N–H and O–H groups in total. The van der Waals surface area contributed by atoms with Gasteiger partial charge in [-0.3, -0.25) is 0 Å². The molecule has 4 unspecified atom stereocenters. The van der Waals surface area contributed by atoms with E-state index < -0.39 is 0 Å². The van der Waals surface area contributed by atoms with Gasteiger partial charge in [0, 0.05) is 18.6 Å². The molecule has 0 amide bonds. The van der Waals surface area contributed by atoms with E-state index in [-0.39, 0.29) is 0 Å². The minimum absolute atomic E-state index is 0.719. The first-order valence-corrected chi connectivity index (χ1v) is 8.55. The smallest absolute Gasteiger partial charge is 0.0249 e. The zero-order chi connectivity index (χ0) is 14.3. The topological polar surface area (TPSA) is 15.3 Å². The molecule has 0 aromatic heterocycles. The van der Waals surface area contributed by atoms with Gasteiger partial charge in [-0.15, -0.1) is 0 Å². The highest BCUT2D eigenvalue weighted by Crippen LogP contribution is 2.30. The molecular weight excluding hydrogens is 232 g/mol. The molecule has 0 bridgehead atoms. The Morgan fingerprint density at radius 1 is 1.21 bits per heavy atom. The molecule has 0 spiro atoms. The Morgan fingerprint density at radius 3 is 2.53 bits per heavy atom. The average Bonchev–Trinajstić information content (AvgIpc) is 2.44. The molecular formula is C17H36N2. The second-order valence-electron chi connectivity index (χ2n) is 6.67. The van der Waals surface area contributed by atoms with Crippen LogP contribution in [0.2, 0.25) is 0 Å². The van der Waals surface area contributed by atoms with Crippen LogP contribution in [-0.4, -0.2) is 37.1 Å². The Morgan fingerprint density at radius 2 is 1.95 bits per heavy atom. The maximum Gasteiger partial charge on any atom is 0.0249 e. The molecule has 114 valence electrons. The highest BCUT2D eigenvalue weighted by atomic mass is 15.2. The first kappa shape index (κ1) is 17.0. The zero-order valence-electron chi connectivity index (χ0n) is 13.9. The summed E-state index contributed by atoms with van der Waals surface area (Å²) >= 11 is 0. The van der Waals surface area contributed by atoms with Gasteiger partial charge in [0.25, 0.3) is 0 Å². The summed E-state index contributed by atoms with van der Waals surface area (Å²) in [6, 6.07) is 1.47. The highest BCUT2D eigenvalue weighted by molar-refractivity contribution is 4.90. The Balaban J connectivity index is 2.58. The van der Waals surface area contributed by atoms with Gasteiger partial charge in [-0.1, -0.05) is 40.5 Å². The lowest BCUT2D eigenvalue weighted by Crippen LogP contribution is -2.53. The van der Waals surface area contributed by atoms with Crippen LogP contribution in [0.25, 0.3) is 0 Å². The number of rotatable bonds is 8. The third kappa shape index (κ3) is 5.43. The number of hydrogen-bond donors (Lipinski definition) is 1. The lowest BCUT2D eigenvalue weighted by molar-refractivity contribution is 0.105. The summed E-state index contributed by atoms with van der Waals surface area (Å²) in [6.45, 7) is 11.7. The highest BCUT2D eigenvalue weighted by Gasteiger charge is 2.32. The normalized spacial score (nSPS) is 29.7. The van der Waals surface area contributed by atoms with Crippen LogP contribution in [0.1, 0.15) is 66.2 Å². The number of likely N-dealkylation sites (N-methyl/N-ethyl adjacent to an activating group) is 1. The molecule has 0 saturated heterocycles. The first-order valence-electron chi connectivity index (χ1n) is 8.55. The largest absolute Gasteiger partial charge is 0.312 e. The monoisotopic (exact) mass is 268 g/mol. The Labute approximate surface area is 121 Å². The van der Waals surface area contributed by atoms with Crippen molar-refractivity contribution in [3.63, 3.8) is 0 Å². The van der Waals surface area contributed by atoms with E-state index in [9.17, 15) is 0 Å². The first-order chi connectivity index (χ1) is 9.12. The maximum absolute atomic E-state index is 3.80. The molecule has 0 aromatic carbocycles. The summed E-state index contributed by atoms with van der Waals surface area (Å²) < 4.78 is 0. The third-order valence-electron chi connectivity index (χ3n) is 5.02. The molecule has 1 rings (SSSR count). The van der Waals surface area contributed by atoms with Gasteiger partial charge in [0.05, 0.1) is 0 Å². The fourth-order valence-electron chi connectivity index (χ4n) is 3.41. The molecule has 2 nitrogen and oxygen atoms in total. The van der Waals surface area contributed by atoms with E-state index in [0.29, 0.717) is 0 Å². The molecule has 1 aliphatic rings. The number of nitrogens with zero attached hydrogens (tertiary/aromatic N) is 1. The van der Waals surface area contributed by atoms with Gasteiger partial charge >= 0.3 is 0 Å². The van der Waals surface area contributed by atoms with E-state index in [0.717, 1.165) is 23.9 Å². The summed E-state index contributed by atoms with van der Waals surface area (Å²) in [4.78, 5) is 2.64. The molecule has 1 fully saturated rings. The minimum atomic E-state index is 0.719. The second-order valence-corrected chi connectivity index (χ2v) is 6.67. The van der Waals surface area contributed by atoms with Crippen molar-refractivity contribution in [2.24, 2.45) is 11.8 Å². The standard InChI is InChI=1S/C17H36N2/c1-6-11-18-16-10-9-15(8-3)12-17(16)19(5)13-14(4)7-2/h14-18H,6-13H2,1-5H3. The molecule has 19 heavy (non-hydrogen) atoms. The van der Waals surface area contributed by atoms with E-state index in [1.165, 1.54) is 51.6 Å². The molecule has 1 saturated carbocycles. The summed E-state index contributed by atoms with van der Waals surface area (Å²) in [6.07, 6.45) is 8.08. The summed E-state index contributed by atoms with van der Waals surface area (Å²) in [5.74, 6) is 1.77. The van der Waals surface area contributed by atoms with E-state index in [4.69, 9.17) is 0 Å². The Hall–Kier alpha value is -0.0800. The van der Waals surface area contributed by atoms with Gasteiger partial charge in [0.15, 0.2) is 0 Å². The van der Waals surface area contributed by atoms with Crippen molar-refractivity contribution in [1.29, 1.82) is 0 Å². The Kier molecular flexibility index (Phi) is 8.01. The second kappa shape index (κ2) is 8.97. The van der Waals surface area contributed by atoms with Crippen molar-refractivity contribution in [1.82, 2.24) is 10.2 Å². The van der Waals surface area contributed by atoms with Crippen molar-refractivity contribution in [3.05, 3.63) is 0 Å². The predicted molar refractivity (Wildman–Crippen MR) is 85.6 cm³/mol. The van der Waals surface area contributed by atoms with Crippen molar-refractivity contribution in [2.75, 3.05) is 20.1 Å². The van der Waals surface area contributed by atoms with E-state index in [1.54, 1.807) is 0 Å². The predicted octanol–water partition coefficient (Wildman–Crippen LogP) is 3.91. The van der Waals surface area contributed by atoms with Crippen LogP contribution in [0.5, 0.6) is 0 Å². The molecule has 4 atom stereocenters. The van der Waals surface area contributed by atoms with Crippen LogP contribution in [0.3, 0.4) is 0 Å². The van der Waals surface area contributed by atoms with Crippen molar-refractivity contribution in [2.45, 2.75) is 78.3 Å². The van der Waals surface area contributed by atoms with Crippen molar-refractivity contribution >= 4 is 0 Å². The van der Waals surface area contributed by atoms with Crippen LogP contribution in [0, 0.1) is 11.8 Å². The van der Waals surface area contributed by atoms with Crippen molar-refractivity contribution < 1.29 is 0 Å². The number of hydrogen-bond acceptors (Lipinski definition) is 2. The molecule has 2 heteroatoms.